The second-order valence-corrected chi connectivity index (χ2v) is 8.58. The molecule has 3 amide bonds. The number of halogens is 1. The van der Waals surface area contributed by atoms with Gasteiger partial charge >= 0.3 is 6.03 Å². The van der Waals surface area contributed by atoms with Gasteiger partial charge in [0.25, 0.3) is 5.91 Å². The smallest absolute Gasteiger partial charge is 0.323 e. The van der Waals surface area contributed by atoms with Gasteiger partial charge in [-0.25, -0.2) is 9.18 Å². The van der Waals surface area contributed by atoms with Crippen LogP contribution in [-0.2, 0) is 0 Å². The highest BCUT2D eigenvalue weighted by atomic mass is 32.2. The van der Waals surface area contributed by atoms with Crippen molar-refractivity contribution in [1.29, 1.82) is 0 Å². The van der Waals surface area contributed by atoms with E-state index in [2.05, 4.69) is 20.9 Å². The predicted octanol–water partition coefficient (Wildman–Crippen LogP) is 6.04. The lowest BCUT2D eigenvalue weighted by atomic mass is 10.2. The lowest BCUT2D eigenvalue weighted by Gasteiger charge is -2.22. The SMILES string of the molecule is CSc1cccc(NC(=O)Nc2cc(NC(=O)c3ccc(F)cc3)ccc2N2CCCC2)c1. The molecule has 1 aliphatic heterocycles. The average molecular weight is 465 g/mol. The lowest BCUT2D eigenvalue weighted by Crippen LogP contribution is -2.24. The van der Waals surface area contributed by atoms with Gasteiger partial charge in [-0.15, -0.1) is 11.8 Å². The molecule has 0 atom stereocenters. The van der Waals surface area contributed by atoms with Crippen LogP contribution < -0.4 is 20.9 Å². The van der Waals surface area contributed by atoms with Crippen molar-refractivity contribution in [3.8, 4) is 0 Å². The summed E-state index contributed by atoms with van der Waals surface area (Å²) in [6.07, 6.45) is 4.17. The molecule has 170 valence electrons. The molecule has 4 rings (SSSR count). The Labute approximate surface area is 196 Å². The maximum atomic E-state index is 13.2. The number of carbonyl (C=O) groups is 2. The number of amides is 3. The van der Waals surface area contributed by atoms with E-state index in [1.54, 1.807) is 23.9 Å². The molecule has 0 bridgehead atoms. The molecule has 0 unspecified atom stereocenters. The van der Waals surface area contributed by atoms with E-state index in [1.165, 1.54) is 24.3 Å². The monoisotopic (exact) mass is 464 g/mol. The van der Waals surface area contributed by atoms with Crippen LogP contribution in [-0.4, -0.2) is 31.3 Å². The molecule has 3 aromatic rings. The van der Waals surface area contributed by atoms with Gasteiger partial charge in [-0.3, -0.25) is 4.79 Å². The van der Waals surface area contributed by atoms with Gasteiger partial charge in [-0.2, -0.15) is 0 Å². The summed E-state index contributed by atoms with van der Waals surface area (Å²) in [7, 11) is 0. The molecule has 1 fully saturated rings. The van der Waals surface area contributed by atoms with Crippen LogP contribution in [0.4, 0.5) is 31.9 Å². The van der Waals surface area contributed by atoms with Gasteiger partial charge in [0.15, 0.2) is 0 Å². The first-order chi connectivity index (χ1) is 16.0. The maximum absolute atomic E-state index is 13.2. The van der Waals surface area contributed by atoms with Crippen molar-refractivity contribution in [2.45, 2.75) is 17.7 Å². The van der Waals surface area contributed by atoms with E-state index in [-0.39, 0.29) is 11.9 Å². The van der Waals surface area contributed by atoms with Gasteiger partial charge in [0.1, 0.15) is 5.82 Å². The molecule has 6 nitrogen and oxygen atoms in total. The van der Waals surface area contributed by atoms with Gasteiger partial charge in [-0.05, 0) is 79.8 Å². The Bertz CT molecular complexity index is 1150. The highest BCUT2D eigenvalue weighted by Crippen LogP contribution is 2.32. The topological polar surface area (TPSA) is 73.5 Å². The molecule has 1 saturated heterocycles. The molecule has 1 aliphatic rings. The van der Waals surface area contributed by atoms with Crippen LogP contribution in [0.1, 0.15) is 23.2 Å². The molecule has 0 spiro atoms. The van der Waals surface area contributed by atoms with Crippen molar-refractivity contribution in [3.05, 3.63) is 78.1 Å². The predicted molar refractivity (Wildman–Crippen MR) is 133 cm³/mol. The maximum Gasteiger partial charge on any atom is 0.323 e. The van der Waals surface area contributed by atoms with Crippen LogP contribution in [0.2, 0.25) is 0 Å². The summed E-state index contributed by atoms with van der Waals surface area (Å²) in [5, 5.41) is 8.62. The molecule has 33 heavy (non-hydrogen) atoms. The number of urea groups is 1. The summed E-state index contributed by atoms with van der Waals surface area (Å²) in [6.45, 7) is 1.82. The van der Waals surface area contributed by atoms with Gasteiger partial charge in [0.2, 0.25) is 0 Å². The fourth-order valence-corrected chi connectivity index (χ4v) is 4.20. The van der Waals surface area contributed by atoms with Crippen LogP contribution in [0.3, 0.4) is 0 Å². The second-order valence-electron chi connectivity index (χ2n) is 7.70. The van der Waals surface area contributed by atoms with Crippen LogP contribution in [0.5, 0.6) is 0 Å². The van der Waals surface area contributed by atoms with Gasteiger partial charge < -0.3 is 20.9 Å². The van der Waals surface area contributed by atoms with E-state index in [9.17, 15) is 14.0 Å². The molecule has 3 aromatic carbocycles. The highest BCUT2D eigenvalue weighted by Gasteiger charge is 2.18. The third kappa shape index (κ3) is 5.84. The van der Waals surface area contributed by atoms with Crippen molar-refractivity contribution in [3.63, 3.8) is 0 Å². The number of benzene rings is 3. The summed E-state index contributed by atoms with van der Waals surface area (Å²) < 4.78 is 13.2. The molecule has 0 aromatic heterocycles. The molecular formula is C25H25FN4O2S. The first-order valence-corrected chi connectivity index (χ1v) is 11.9. The van der Waals surface area contributed by atoms with Crippen molar-refractivity contribution >= 4 is 46.4 Å². The van der Waals surface area contributed by atoms with E-state index in [0.717, 1.165) is 36.5 Å². The van der Waals surface area contributed by atoms with Crippen molar-refractivity contribution in [2.75, 3.05) is 40.2 Å². The fourth-order valence-electron chi connectivity index (χ4n) is 3.74. The van der Waals surface area contributed by atoms with E-state index < -0.39 is 5.82 Å². The highest BCUT2D eigenvalue weighted by molar-refractivity contribution is 7.98. The second kappa shape index (κ2) is 10.4. The Morgan fingerprint density at radius 1 is 0.879 bits per heavy atom. The third-order valence-corrected chi connectivity index (χ3v) is 6.11. The number of rotatable bonds is 6. The summed E-state index contributed by atoms with van der Waals surface area (Å²) in [5.74, 6) is -0.754. The summed E-state index contributed by atoms with van der Waals surface area (Å²) >= 11 is 1.60. The largest absolute Gasteiger partial charge is 0.370 e. The number of hydrogen-bond donors (Lipinski definition) is 3. The van der Waals surface area contributed by atoms with Crippen LogP contribution >= 0.6 is 11.8 Å². The van der Waals surface area contributed by atoms with Crippen molar-refractivity contribution in [2.24, 2.45) is 0 Å². The van der Waals surface area contributed by atoms with E-state index in [4.69, 9.17) is 0 Å². The minimum absolute atomic E-state index is 0.348. The number of hydrogen-bond acceptors (Lipinski definition) is 4. The van der Waals surface area contributed by atoms with Crippen molar-refractivity contribution in [1.82, 2.24) is 0 Å². The number of nitrogens with one attached hydrogen (secondary N) is 3. The number of nitrogens with zero attached hydrogens (tertiary/aromatic N) is 1. The summed E-state index contributed by atoms with van der Waals surface area (Å²) in [5.41, 5.74) is 3.09. The first kappa shape index (κ1) is 22.7. The molecule has 8 heteroatoms. The van der Waals surface area contributed by atoms with E-state index in [0.29, 0.717) is 22.6 Å². The van der Waals surface area contributed by atoms with Gasteiger partial charge in [0.05, 0.1) is 11.4 Å². The lowest BCUT2D eigenvalue weighted by molar-refractivity contribution is 0.102. The van der Waals surface area contributed by atoms with Gasteiger partial charge in [-0.1, -0.05) is 6.07 Å². The van der Waals surface area contributed by atoms with Crippen LogP contribution in [0.25, 0.3) is 0 Å². The zero-order valence-corrected chi connectivity index (χ0v) is 19.0. The zero-order chi connectivity index (χ0) is 23.2. The molecule has 0 aliphatic carbocycles. The van der Waals surface area contributed by atoms with E-state index in [1.807, 2.05) is 36.6 Å². The Hall–Kier alpha value is -3.52. The quantitative estimate of drug-likeness (QED) is 0.389. The fraction of sp³-hybridized carbons (Fsp3) is 0.200. The minimum atomic E-state index is -0.401. The normalized spacial score (nSPS) is 13.0. The van der Waals surface area contributed by atoms with Crippen molar-refractivity contribution < 1.29 is 14.0 Å². The van der Waals surface area contributed by atoms with Crippen LogP contribution in [0, 0.1) is 5.82 Å². The first-order valence-electron chi connectivity index (χ1n) is 10.7. The Morgan fingerprint density at radius 2 is 1.61 bits per heavy atom. The standard InChI is InChI=1S/C25H25FN4O2S/c1-33-21-6-4-5-19(15-21)28-25(32)29-22-16-20(11-12-23(22)30-13-2-3-14-30)27-24(31)17-7-9-18(26)10-8-17/h4-12,15-16H,2-3,13-14H2,1H3,(H,27,31)(H2,28,29,32). The molecule has 1 heterocycles. The molecule has 3 N–H and O–H groups in total. The average Bonchev–Trinajstić information content (AvgIpc) is 3.34. The Morgan fingerprint density at radius 3 is 2.33 bits per heavy atom. The Kier molecular flexibility index (Phi) is 7.14. The summed E-state index contributed by atoms with van der Waals surface area (Å²) in [6, 6.07) is 18.0. The van der Waals surface area contributed by atoms with E-state index >= 15 is 0 Å². The zero-order valence-electron chi connectivity index (χ0n) is 18.2. The van der Waals surface area contributed by atoms with Crippen LogP contribution in [0.15, 0.2) is 71.6 Å². The number of thioether (sulfide) groups is 1. The summed E-state index contributed by atoms with van der Waals surface area (Å²) in [4.78, 5) is 28.6. The number of anilines is 4. The molecule has 0 radical (unpaired) electrons. The van der Waals surface area contributed by atoms with Gasteiger partial charge in [0, 0.05) is 34.9 Å². The molecule has 0 saturated carbocycles. The Balaban J connectivity index is 1.53. The minimum Gasteiger partial charge on any atom is -0.370 e. The molecular weight excluding hydrogens is 439 g/mol. The third-order valence-electron chi connectivity index (χ3n) is 5.38. The number of carbonyl (C=O) groups excluding carboxylic acids is 2.